The molecule has 1 saturated carbocycles. The second-order valence-corrected chi connectivity index (χ2v) is 18.8. The summed E-state index contributed by atoms with van der Waals surface area (Å²) in [7, 11) is 0. The van der Waals surface area contributed by atoms with E-state index in [4.69, 9.17) is 0 Å². The van der Waals surface area contributed by atoms with E-state index in [9.17, 15) is 38.7 Å². The second-order valence-electron chi connectivity index (χ2n) is 17.7. The molecule has 13 nitrogen and oxygen atoms in total. The highest BCUT2D eigenvalue weighted by Crippen LogP contribution is 2.40. The Hall–Kier alpha value is -7.71. The van der Waals surface area contributed by atoms with Gasteiger partial charge in [-0.25, -0.2) is 4.79 Å². The summed E-state index contributed by atoms with van der Waals surface area (Å²) in [4.78, 5) is 99.1. The molecule has 0 radical (unpaired) electrons. The van der Waals surface area contributed by atoms with Gasteiger partial charge in [-0.15, -0.1) is 11.3 Å². The molecule has 1 fully saturated rings. The Morgan fingerprint density at radius 2 is 1.12 bits per heavy atom. The standard InChI is InChI=1S/C55H53N5O8S/c61-49-31-40(50(62)60-48(55(67)68)30-35-13-6-2-7-14-35)27-36-20-24-41(25-21-36)56-51(63)43-33-44(43)52(64)58-47(32-42-17-10-26-69-42)54(66)59-46(53(65)57-45(49)28-34-11-4-1-5-12-34)29-37-18-22-39(23-19-37)38-15-8-3-9-16-38/h1-26,40,43-48H,27-33H2,(H,56,63)(H,57,65)(H,58,64)(H,59,66)(H,60,62)(H,67,68)/t40-,43?,44?,45+,46-,47+,48-/m0/s1. The predicted molar refractivity (Wildman–Crippen MR) is 263 cm³/mol. The zero-order valence-electron chi connectivity index (χ0n) is 37.7. The minimum absolute atomic E-state index is 0.00288. The fourth-order valence-electron chi connectivity index (χ4n) is 8.67. The lowest BCUT2D eigenvalue weighted by Gasteiger charge is -2.27. The van der Waals surface area contributed by atoms with Gasteiger partial charge < -0.3 is 31.7 Å². The summed E-state index contributed by atoms with van der Waals surface area (Å²) in [6.45, 7) is 0. The van der Waals surface area contributed by atoms with E-state index in [1.54, 1.807) is 54.6 Å². The molecule has 1 aliphatic carbocycles. The van der Waals surface area contributed by atoms with Crippen LogP contribution in [0.4, 0.5) is 5.69 Å². The third-order valence-electron chi connectivity index (χ3n) is 12.6. The molecule has 9 rings (SSSR count). The van der Waals surface area contributed by atoms with Gasteiger partial charge >= 0.3 is 5.97 Å². The number of anilines is 1. The molecule has 3 aliphatic rings. The Balaban J connectivity index is 1.14. The highest BCUT2D eigenvalue weighted by molar-refractivity contribution is 7.09. The van der Waals surface area contributed by atoms with Crippen molar-refractivity contribution in [3.63, 3.8) is 0 Å². The summed E-state index contributed by atoms with van der Waals surface area (Å²) < 4.78 is 0. The SMILES string of the molecule is O=C1Nc2ccc(cc2)C[C@H](C(=O)N[C@@H](Cc2ccccc2)C(=O)O)CC(=O)[C@@H](Cc2ccccc2)NC(=O)[C@H](Cc2ccc(-c3ccccc3)cc2)NC(=O)[C@@H](Cc2cccs2)NC(=O)C2CC12. The number of ketones is 1. The van der Waals surface area contributed by atoms with E-state index in [1.807, 2.05) is 102 Å². The summed E-state index contributed by atoms with van der Waals surface area (Å²) in [5, 5.41) is 26.4. The number of carbonyl (C=O) groups is 7. The maximum absolute atomic E-state index is 14.8. The number of carboxylic acid groups (broad SMARTS) is 1. The molecule has 0 saturated heterocycles. The first-order valence-corrected chi connectivity index (χ1v) is 23.9. The van der Waals surface area contributed by atoms with Crippen molar-refractivity contribution in [2.24, 2.45) is 17.8 Å². The molecule has 2 aliphatic heterocycles. The van der Waals surface area contributed by atoms with Gasteiger partial charge in [0, 0.05) is 42.2 Å². The van der Waals surface area contributed by atoms with Crippen LogP contribution in [-0.2, 0) is 65.7 Å². The fraction of sp³-hybridized carbons (Fsp3) is 0.255. The molecule has 6 N–H and O–H groups in total. The molecule has 1 aromatic heterocycles. The van der Waals surface area contributed by atoms with Gasteiger partial charge in [-0.3, -0.25) is 28.8 Å². The number of carboxylic acids is 1. The van der Waals surface area contributed by atoms with Gasteiger partial charge in [0.25, 0.3) is 0 Å². The van der Waals surface area contributed by atoms with Crippen molar-refractivity contribution in [1.29, 1.82) is 0 Å². The Morgan fingerprint density at radius 1 is 0.565 bits per heavy atom. The summed E-state index contributed by atoms with van der Waals surface area (Å²) in [6.07, 6.45) is 0.108. The Morgan fingerprint density at radius 3 is 1.75 bits per heavy atom. The maximum atomic E-state index is 14.8. The van der Waals surface area contributed by atoms with E-state index in [-0.39, 0.29) is 50.9 Å². The van der Waals surface area contributed by atoms with Crippen LogP contribution in [0.1, 0.15) is 40.0 Å². The molecule has 2 bridgehead atoms. The zero-order valence-corrected chi connectivity index (χ0v) is 38.5. The molecule has 5 amide bonds. The average molecular weight is 944 g/mol. The van der Waals surface area contributed by atoms with Crippen molar-refractivity contribution >= 4 is 58.3 Å². The number of amides is 5. The van der Waals surface area contributed by atoms with Gasteiger partial charge in [0.1, 0.15) is 18.1 Å². The number of carbonyl (C=O) groups excluding carboxylic acids is 6. The predicted octanol–water partition coefficient (Wildman–Crippen LogP) is 6.12. The van der Waals surface area contributed by atoms with Crippen LogP contribution in [-0.4, -0.2) is 70.6 Å². The lowest BCUT2D eigenvalue weighted by atomic mass is 9.89. The molecule has 7 atom stereocenters. The third kappa shape index (κ3) is 13.0. The van der Waals surface area contributed by atoms with Crippen LogP contribution in [0.25, 0.3) is 11.1 Å². The van der Waals surface area contributed by atoms with E-state index >= 15 is 0 Å². The normalized spacial score (nSPS) is 21.5. The van der Waals surface area contributed by atoms with E-state index in [0.29, 0.717) is 22.4 Å². The van der Waals surface area contributed by atoms with Crippen LogP contribution in [0.2, 0.25) is 0 Å². The number of fused-ring (bicyclic) bond motifs is 15. The van der Waals surface area contributed by atoms with Crippen LogP contribution in [0.15, 0.2) is 157 Å². The average Bonchev–Trinajstić information content (AvgIpc) is 4.01. The van der Waals surface area contributed by atoms with Crippen molar-refractivity contribution in [1.82, 2.24) is 21.3 Å². The number of nitrogens with one attached hydrogen (secondary N) is 5. The van der Waals surface area contributed by atoms with Crippen molar-refractivity contribution < 1.29 is 38.7 Å². The van der Waals surface area contributed by atoms with Gasteiger partial charge in [-0.05, 0) is 76.2 Å². The lowest BCUT2D eigenvalue weighted by Crippen LogP contribution is -2.57. The number of hydrogen-bond acceptors (Lipinski definition) is 8. The molecule has 14 heteroatoms. The number of benzene rings is 5. The third-order valence-corrected chi connectivity index (χ3v) is 13.5. The zero-order chi connectivity index (χ0) is 48.3. The van der Waals surface area contributed by atoms with Crippen LogP contribution in [0, 0.1) is 17.8 Å². The second kappa shape index (κ2) is 22.4. The molecule has 3 heterocycles. The van der Waals surface area contributed by atoms with Crippen LogP contribution >= 0.6 is 11.3 Å². The molecule has 0 spiro atoms. The van der Waals surface area contributed by atoms with E-state index < -0.39 is 77.3 Å². The Kier molecular flexibility index (Phi) is 15.5. The van der Waals surface area contributed by atoms with E-state index in [0.717, 1.165) is 21.6 Å². The molecular weight excluding hydrogens is 891 g/mol. The van der Waals surface area contributed by atoms with Crippen LogP contribution in [0.3, 0.4) is 0 Å². The summed E-state index contributed by atoms with van der Waals surface area (Å²) in [6, 6.07) is 40.9. The minimum atomic E-state index is -1.31. The van der Waals surface area contributed by atoms with Gasteiger partial charge in [0.2, 0.25) is 29.5 Å². The van der Waals surface area contributed by atoms with Crippen molar-refractivity contribution in [3.05, 3.63) is 184 Å². The molecule has 5 aromatic carbocycles. The quantitative estimate of drug-likeness (QED) is 0.0789. The first kappa shape index (κ1) is 47.8. The van der Waals surface area contributed by atoms with Crippen molar-refractivity contribution in [3.8, 4) is 11.1 Å². The van der Waals surface area contributed by atoms with Gasteiger partial charge in [-0.1, -0.05) is 133 Å². The van der Waals surface area contributed by atoms with Gasteiger partial charge in [0.05, 0.1) is 17.9 Å². The number of hydrogen-bond donors (Lipinski definition) is 6. The smallest absolute Gasteiger partial charge is 0.326 e. The molecule has 2 unspecified atom stereocenters. The largest absolute Gasteiger partial charge is 0.480 e. The summed E-state index contributed by atoms with van der Waals surface area (Å²) in [5.74, 6) is -6.92. The summed E-state index contributed by atoms with van der Waals surface area (Å²) in [5.41, 5.74) is 5.16. The number of thiophene rings is 1. The molecular formula is C55H53N5O8S. The fourth-order valence-corrected chi connectivity index (χ4v) is 9.42. The minimum Gasteiger partial charge on any atom is -0.480 e. The van der Waals surface area contributed by atoms with Gasteiger partial charge in [-0.2, -0.15) is 0 Å². The molecule has 6 aromatic rings. The topological polar surface area (TPSA) is 200 Å². The Labute approximate surface area is 404 Å². The van der Waals surface area contributed by atoms with Crippen LogP contribution in [0.5, 0.6) is 0 Å². The van der Waals surface area contributed by atoms with Crippen molar-refractivity contribution in [2.75, 3.05) is 5.32 Å². The van der Waals surface area contributed by atoms with E-state index in [2.05, 4.69) is 26.6 Å². The Bertz CT molecular complexity index is 2750. The highest BCUT2D eigenvalue weighted by Gasteiger charge is 2.49. The van der Waals surface area contributed by atoms with E-state index in [1.165, 1.54) is 11.3 Å². The highest BCUT2D eigenvalue weighted by atomic mass is 32.1. The maximum Gasteiger partial charge on any atom is 0.326 e. The number of Topliss-reactive ketones (excluding diaryl/α,β-unsaturated/α-hetero) is 1. The van der Waals surface area contributed by atoms with Crippen molar-refractivity contribution in [2.45, 2.75) is 69.1 Å². The first-order chi connectivity index (χ1) is 33.4. The monoisotopic (exact) mass is 943 g/mol. The van der Waals surface area contributed by atoms with Crippen LogP contribution < -0.4 is 26.6 Å². The number of aliphatic carboxylic acids is 1. The molecule has 352 valence electrons. The summed E-state index contributed by atoms with van der Waals surface area (Å²) >= 11 is 1.41. The van der Waals surface area contributed by atoms with Gasteiger partial charge in [0.15, 0.2) is 5.78 Å². The number of rotatable bonds is 12. The first-order valence-electron chi connectivity index (χ1n) is 23.1. The lowest BCUT2D eigenvalue weighted by molar-refractivity contribution is -0.142. The molecule has 69 heavy (non-hydrogen) atoms.